The molecule has 1 aliphatic rings. The average Bonchev–Trinajstić information content (AvgIpc) is 2.76. The van der Waals surface area contributed by atoms with Gasteiger partial charge in [0.25, 0.3) is 0 Å². The monoisotopic (exact) mass is 233 g/mol. The molecule has 3 nitrogen and oxygen atoms in total. The molecule has 1 atom stereocenters. The van der Waals surface area contributed by atoms with Gasteiger partial charge in [0.1, 0.15) is 0 Å². The van der Waals surface area contributed by atoms with Gasteiger partial charge in [0.2, 0.25) is 0 Å². The van der Waals surface area contributed by atoms with Gasteiger partial charge in [-0.1, -0.05) is 0 Å². The molecule has 1 saturated heterocycles. The molecule has 84 valence electrons. The summed E-state index contributed by atoms with van der Waals surface area (Å²) < 4.78 is 0. The summed E-state index contributed by atoms with van der Waals surface area (Å²) in [5.41, 5.74) is 3.48. The fourth-order valence-electron chi connectivity index (χ4n) is 2.21. The second-order valence-corrected chi connectivity index (χ2v) is 5.37. The first-order valence-electron chi connectivity index (χ1n) is 5.62. The van der Waals surface area contributed by atoms with Crippen molar-refractivity contribution in [2.45, 2.75) is 13.0 Å². The highest BCUT2D eigenvalue weighted by Crippen LogP contribution is 2.25. The van der Waals surface area contributed by atoms with Crippen LogP contribution in [0.2, 0.25) is 0 Å². The van der Waals surface area contributed by atoms with Crippen LogP contribution in [0.1, 0.15) is 6.92 Å². The molecule has 1 fully saturated rings. The third-order valence-corrected chi connectivity index (χ3v) is 4.29. The zero-order valence-corrected chi connectivity index (χ0v) is 10.1. The van der Waals surface area contributed by atoms with E-state index in [1.807, 2.05) is 11.8 Å². The number of hydrogen-bond acceptors (Lipinski definition) is 3. The number of nitrogens with zero attached hydrogens (tertiary/aromatic N) is 2. The summed E-state index contributed by atoms with van der Waals surface area (Å²) in [5, 5.41) is 0. The van der Waals surface area contributed by atoms with Crippen molar-refractivity contribution in [3.8, 4) is 0 Å². The molecule has 0 saturated carbocycles. The van der Waals surface area contributed by atoms with Gasteiger partial charge in [-0.2, -0.15) is 11.8 Å². The van der Waals surface area contributed by atoms with E-state index < -0.39 is 0 Å². The number of nitrogens with one attached hydrogen (secondary N) is 1. The lowest BCUT2D eigenvalue weighted by atomic mass is 10.2. The quantitative estimate of drug-likeness (QED) is 0.821. The summed E-state index contributed by atoms with van der Waals surface area (Å²) in [6.07, 6.45) is 1.75. The first-order valence-corrected chi connectivity index (χ1v) is 6.77. The lowest BCUT2D eigenvalue weighted by Crippen LogP contribution is -2.40. The minimum Gasteiger partial charge on any atom is -0.367 e. The minimum atomic E-state index is 0.624. The molecule has 0 radical (unpaired) electrons. The molecule has 1 aromatic carbocycles. The number of imidazole rings is 1. The van der Waals surface area contributed by atoms with Crippen LogP contribution in [0.4, 0.5) is 5.69 Å². The molecule has 0 aliphatic carbocycles. The number of rotatable bonds is 1. The van der Waals surface area contributed by atoms with Crippen LogP contribution >= 0.6 is 11.8 Å². The first-order chi connectivity index (χ1) is 7.84. The molecule has 0 spiro atoms. The zero-order valence-electron chi connectivity index (χ0n) is 9.31. The molecular weight excluding hydrogens is 218 g/mol. The smallest absolute Gasteiger partial charge is 0.0931 e. The zero-order chi connectivity index (χ0) is 11.0. The second kappa shape index (κ2) is 4.01. The van der Waals surface area contributed by atoms with Crippen molar-refractivity contribution in [3.05, 3.63) is 24.5 Å². The van der Waals surface area contributed by atoms with Gasteiger partial charge in [-0.3, -0.25) is 0 Å². The van der Waals surface area contributed by atoms with E-state index in [2.05, 4.69) is 40.0 Å². The predicted octanol–water partition coefficient (Wildman–Crippen LogP) is 2.50. The molecule has 1 N–H and O–H groups in total. The molecular formula is C12H15N3S. The lowest BCUT2D eigenvalue weighted by molar-refractivity contribution is 0.700. The molecule has 0 bridgehead atoms. The van der Waals surface area contributed by atoms with Crippen molar-refractivity contribution in [2.24, 2.45) is 0 Å². The summed E-state index contributed by atoms with van der Waals surface area (Å²) >= 11 is 2.04. The number of benzene rings is 1. The molecule has 1 aromatic heterocycles. The third-order valence-electron chi connectivity index (χ3n) is 3.10. The van der Waals surface area contributed by atoms with Gasteiger partial charge in [0.05, 0.1) is 17.4 Å². The van der Waals surface area contributed by atoms with Gasteiger partial charge < -0.3 is 9.88 Å². The fourth-order valence-corrected chi connectivity index (χ4v) is 3.23. The van der Waals surface area contributed by atoms with Crippen molar-refractivity contribution >= 4 is 28.5 Å². The Balaban J connectivity index is 1.97. The van der Waals surface area contributed by atoms with Crippen LogP contribution in [-0.4, -0.2) is 34.1 Å². The third kappa shape index (κ3) is 1.67. The maximum atomic E-state index is 4.25. The Kier molecular flexibility index (Phi) is 2.52. The molecule has 2 heterocycles. The number of aromatic amines is 1. The Bertz CT molecular complexity index is 494. The van der Waals surface area contributed by atoms with E-state index in [0.29, 0.717) is 6.04 Å². The van der Waals surface area contributed by atoms with E-state index in [1.165, 1.54) is 17.2 Å². The van der Waals surface area contributed by atoms with E-state index in [4.69, 9.17) is 0 Å². The van der Waals surface area contributed by atoms with Crippen LogP contribution < -0.4 is 4.90 Å². The lowest BCUT2D eigenvalue weighted by Gasteiger charge is -2.35. The van der Waals surface area contributed by atoms with Gasteiger partial charge in [0.15, 0.2) is 0 Å². The van der Waals surface area contributed by atoms with Crippen LogP contribution in [0, 0.1) is 0 Å². The number of hydrogen-bond donors (Lipinski definition) is 1. The van der Waals surface area contributed by atoms with Crippen LogP contribution in [0.3, 0.4) is 0 Å². The van der Waals surface area contributed by atoms with Gasteiger partial charge in [-0.15, -0.1) is 0 Å². The van der Waals surface area contributed by atoms with Crippen molar-refractivity contribution in [3.63, 3.8) is 0 Å². The number of anilines is 1. The van der Waals surface area contributed by atoms with Crippen molar-refractivity contribution in [1.29, 1.82) is 0 Å². The predicted molar refractivity (Wildman–Crippen MR) is 70.2 cm³/mol. The van der Waals surface area contributed by atoms with E-state index in [1.54, 1.807) is 6.33 Å². The number of thioether (sulfide) groups is 1. The van der Waals surface area contributed by atoms with Crippen LogP contribution in [-0.2, 0) is 0 Å². The Hall–Kier alpha value is -1.16. The summed E-state index contributed by atoms with van der Waals surface area (Å²) in [4.78, 5) is 9.90. The topological polar surface area (TPSA) is 31.9 Å². The standard InChI is InChI=1S/C12H15N3S/c1-9-7-16-5-4-15(9)10-2-3-11-12(6-10)14-8-13-11/h2-3,6,8-9H,4-5,7H2,1H3,(H,13,14). The Labute approximate surface area is 99.2 Å². The summed E-state index contributed by atoms with van der Waals surface area (Å²) in [5.74, 6) is 2.45. The van der Waals surface area contributed by atoms with Gasteiger partial charge >= 0.3 is 0 Å². The van der Waals surface area contributed by atoms with E-state index in [0.717, 1.165) is 17.6 Å². The molecule has 16 heavy (non-hydrogen) atoms. The van der Waals surface area contributed by atoms with E-state index >= 15 is 0 Å². The molecule has 1 aliphatic heterocycles. The van der Waals surface area contributed by atoms with E-state index in [9.17, 15) is 0 Å². The molecule has 1 unspecified atom stereocenters. The highest BCUT2D eigenvalue weighted by molar-refractivity contribution is 7.99. The summed E-state index contributed by atoms with van der Waals surface area (Å²) in [7, 11) is 0. The van der Waals surface area contributed by atoms with Gasteiger partial charge in [0, 0.05) is 29.8 Å². The summed E-state index contributed by atoms with van der Waals surface area (Å²) in [6.45, 7) is 3.44. The van der Waals surface area contributed by atoms with Gasteiger partial charge in [-0.05, 0) is 25.1 Å². The minimum absolute atomic E-state index is 0.624. The maximum absolute atomic E-state index is 4.25. The number of fused-ring (bicyclic) bond motifs is 1. The Morgan fingerprint density at radius 1 is 1.50 bits per heavy atom. The second-order valence-electron chi connectivity index (χ2n) is 4.22. The van der Waals surface area contributed by atoms with Crippen molar-refractivity contribution < 1.29 is 0 Å². The average molecular weight is 233 g/mol. The molecule has 3 rings (SSSR count). The fraction of sp³-hybridized carbons (Fsp3) is 0.417. The normalized spacial score (nSPS) is 21.6. The van der Waals surface area contributed by atoms with E-state index in [-0.39, 0.29) is 0 Å². The summed E-state index contributed by atoms with van der Waals surface area (Å²) in [6, 6.07) is 7.10. The molecule has 2 aromatic rings. The van der Waals surface area contributed by atoms with Crippen LogP contribution in [0.25, 0.3) is 11.0 Å². The highest BCUT2D eigenvalue weighted by Gasteiger charge is 2.19. The van der Waals surface area contributed by atoms with Crippen molar-refractivity contribution in [2.75, 3.05) is 23.0 Å². The number of H-pyrrole nitrogens is 1. The number of aromatic nitrogens is 2. The van der Waals surface area contributed by atoms with Crippen molar-refractivity contribution in [1.82, 2.24) is 9.97 Å². The van der Waals surface area contributed by atoms with Crippen LogP contribution in [0.5, 0.6) is 0 Å². The maximum Gasteiger partial charge on any atom is 0.0931 e. The molecule has 4 heteroatoms. The Morgan fingerprint density at radius 2 is 2.44 bits per heavy atom. The SMILES string of the molecule is CC1CSCCN1c1ccc2nc[nH]c2c1. The highest BCUT2D eigenvalue weighted by atomic mass is 32.2. The molecule has 0 amide bonds. The first kappa shape index (κ1) is 10.0. The van der Waals surface area contributed by atoms with Crippen LogP contribution in [0.15, 0.2) is 24.5 Å². The largest absolute Gasteiger partial charge is 0.367 e. The van der Waals surface area contributed by atoms with Gasteiger partial charge in [-0.25, -0.2) is 4.98 Å². The Morgan fingerprint density at radius 3 is 3.31 bits per heavy atom.